The van der Waals surface area contributed by atoms with Crippen molar-refractivity contribution in [1.29, 1.82) is 0 Å². The molecule has 2 atom stereocenters. The van der Waals surface area contributed by atoms with E-state index in [-0.39, 0.29) is 11.8 Å². The van der Waals surface area contributed by atoms with Gasteiger partial charge in [0.05, 0.1) is 11.8 Å². The molecule has 0 aromatic heterocycles. The lowest BCUT2D eigenvalue weighted by Gasteiger charge is -2.16. The van der Waals surface area contributed by atoms with Crippen LogP contribution in [0.25, 0.3) is 0 Å². The number of aliphatic carboxylic acids is 1. The summed E-state index contributed by atoms with van der Waals surface area (Å²) < 4.78 is 0. The third kappa shape index (κ3) is 2.74. The van der Waals surface area contributed by atoms with Crippen molar-refractivity contribution < 1.29 is 19.5 Å². The monoisotopic (exact) mass is 288 g/mol. The summed E-state index contributed by atoms with van der Waals surface area (Å²) in [5, 5.41) is 11.5. The number of carboxylic acid groups (broad SMARTS) is 1. The second-order valence-electron chi connectivity index (χ2n) is 5.47. The number of hydrogen-bond donors (Lipinski definition) is 2. The number of anilines is 2. The van der Waals surface area contributed by atoms with E-state index in [1.807, 2.05) is 0 Å². The van der Waals surface area contributed by atoms with Crippen molar-refractivity contribution in [1.82, 2.24) is 0 Å². The maximum atomic E-state index is 11.8. The molecule has 6 nitrogen and oxygen atoms in total. The van der Waals surface area contributed by atoms with Crippen LogP contribution in [0.15, 0.2) is 24.3 Å². The molecule has 1 aromatic rings. The standard InChI is InChI=1S/C15H16N2O4/c18-13-2-1-7-17(13)10-5-3-9(4-6-10)16-14(19)11-8-12(11)15(20)21/h3-6,11-12H,1-2,7-8H2,(H,16,19)(H,20,21)/t11-,12+/m1/s1. The van der Waals surface area contributed by atoms with Gasteiger partial charge in [-0.3, -0.25) is 14.4 Å². The maximum absolute atomic E-state index is 11.8. The molecule has 21 heavy (non-hydrogen) atoms. The first-order valence-corrected chi connectivity index (χ1v) is 7.00. The molecule has 1 aliphatic carbocycles. The number of hydrogen-bond acceptors (Lipinski definition) is 3. The lowest BCUT2D eigenvalue weighted by Crippen LogP contribution is -2.23. The van der Waals surface area contributed by atoms with E-state index in [4.69, 9.17) is 5.11 Å². The van der Waals surface area contributed by atoms with Gasteiger partial charge in [-0.1, -0.05) is 0 Å². The number of carbonyl (C=O) groups is 3. The molecule has 2 amide bonds. The summed E-state index contributed by atoms with van der Waals surface area (Å²) in [5.41, 5.74) is 1.44. The van der Waals surface area contributed by atoms with Gasteiger partial charge < -0.3 is 15.3 Å². The number of amides is 2. The number of nitrogens with zero attached hydrogens (tertiary/aromatic N) is 1. The molecule has 0 bridgehead atoms. The molecule has 6 heteroatoms. The minimum Gasteiger partial charge on any atom is -0.481 e. The van der Waals surface area contributed by atoms with Crippen LogP contribution in [0.3, 0.4) is 0 Å². The van der Waals surface area contributed by atoms with E-state index in [0.717, 1.165) is 18.7 Å². The Bertz CT molecular complexity index is 596. The van der Waals surface area contributed by atoms with E-state index in [2.05, 4.69) is 5.32 Å². The molecule has 0 radical (unpaired) electrons. The summed E-state index contributed by atoms with van der Waals surface area (Å²) in [6.45, 7) is 0.729. The SMILES string of the molecule is O=C(O)[C@H]1C[C@H]1C(=O)Nc1ccc(N2CCCC2=O)cc1. The van der Waals surface area contributed by atoms with Gasteiger partial charge in [0, 0.05) is 24.3 Å². The Labute approximate surface area is 121 Å². The third-order valence-electron chi connectivity index (χ3n) is 3.96. The zero-order valence-corrected chi connectivity index (χ0v) is 11.4. The lowest BCUT2D eigenvalue weighted by molar-refractivity contribution is -0.139. The molecular weight excluding hydrogens is 272 g/mol. The van der Waals surface area contributed by atoms with Crippen LogP contribution in [-0.4, -0.2) is 29.4 Å². The van der Waals surface area contributed by atoms with Crippen molar-refractivity contribution in [2.75, 3.05) is 16.8 Å². The number of rotatable bonds is 4. The normalized spacial score (nSPS) is 24.0. The van der Waals surface area contributed by atoms with Gasteiger partial charge in [-0.2, -0.15) is 0 Å². The fraction of sp³-hybridized carbons (Fsp3) is 0.400. The largest absolute Gasteiger partial charge is 0.481 e. The molecule has 1 saturated heterocycles. The fourth-order valence-corrected chi connectivity index (χ4v) is 2.64. The van der Waals surface area contributed by atoms with Gasteiger partial charge in [0.15, 0.2) is 0 Å². The summed E-state index contributed by atoms with van der Waals surface area (Å²) in [6.07, 6.45) is 1.86. The Morgan fingerprint density at radius 2 is 1.90 bits per heavy atom. The smallest absolute Gasteiger partial charge is 0.307 e. The summed E-state index contributed by atoms with van der Waals surface area (Å²) in [7, 11) is 0. The Balaban J connectivity index is 1.61. The lowest BCUT2D eigenvalue weighted by atomic mass is 10.2. The molecule has 1 heterocycles. The molecule has 2 aliphatic rings. The number of nitrogens with one attached hydrogen (secondary N) is 1. The van der Waals surface area contributed by atoms with Crippen molar-refractivity contribution in [2.24, 2.45) is 11.8 Å². The second-order valence-corrected chi connectivity index (χ2v) is 5.47. The highest BCUT2D eigenvalue weighted by Crippen LogP contribution is 2.39. The van der Waals surface area contributed by atoms with Crippen LogP contribution in [0.2, 0.25) is 0 Å². The van der Waals surface area contributed by atoms with Crippen molar-refractivity contribution >= 4 is 29.2 Å². The summed E-state index contributed by atoms with van der Waals surface area (Å²) in [4.78, 5) is 35.9. The van der Waals surface area contributed by atoms with Crippen LogP contribution in [-0.2, 0) is 14.4 Å². The van der Waals surface area contributed by atoms with Gasteiger partial charge in [-0.05, 0) is 37.1 Å². The molecule has 2 N–H and O–H groups in total. The molecule has 0 spiro atoms. The fourth-order valence-electron chi connectivity index (χ4n) is 2.64. The molecule has 1 aromatic carbocycles. The molecule has 1 aliphatic heterocycles. The second kappa shape index (κ2) is 5.20. The first-order valence-electron chi connectivity index (χ1n) is 7.00. The van der Waals surface area contributed by atoms with Crippen LogP contribution in [0.5, 0.6) is 0 Å². The van der Waals surface area contributed by atoms with Gasteiger partial charge >= 0.3 is 5.97 Å². The number of carbonyl (C=O) groups excluding carboxylic acids is 2. The molecular formula is C15H16N2O4. The zero-order chi connectivity index (χ0) is 15.0. The molecule has 2 fully saturated rings. The third-order valence-corrected chi connectivity index (χ3v) is 3.96. The maximum Gasteiger partial charge on any atom is 0.307 e. The van der Waals surface area contributed by atoms with E-state index >= 15 is 0 Å². The van der Waals surface area contributed by atoms with Crippen LogP contribution in [0, 0.1) is 11.8 Å². The van der Waals surface area contributed by atoms with E-state index in [9.17, 15) is 14.4 Å². The Kier molecular flexibility index (Phi) is 3.37. The quantitative estimate of drug-likeness (QED) is 0.878. The molecule has 0 unspecified atom stereocenters. The van der Waals surface area contributed by atoms with E-state index in [1.54, 1.807) is 29.2 Å². The van der Waals surface area contributed by atoms with Crippen LogP contribution >= 0.6 is 0 Å². The van der Waals surface area contributed by atoms with Gasteiger partial charge in [0.1, 0.15) is 0 Å². The van der Waals surface area contributed by atoms with E-state index in [0.29, 0.717) is 18.5 Å². The highest BCUT2D eigenvalue weighted by Gasteiger charge is 2.48. The minimum absolute atomic E-state index is 0.120. The Morgan fingerprint density at radius 1 is 1.19 bits per heavy atom. The van der Waals surface area contributed by atoms with Crippen molar-refractivity contribution in [3.63, 3.8) is 0 Å². The summed E-state index contributed by atoms with van der Waals surface area (Å²) >= 11 is 0. The molecule has 110 valence electrons. The minimum atomic E-state index is -0.918. The highest BCUT2D eigenvalue weighted by molar-refractivity contribution is 5.99. The predicted octanol–water partition coefficient (Wildman–Crippen LogP) is 1.47. The topological polar surface area (TPSA) is 86.7 Å². The van der Waals surface area contributed by atoms with E-state index < -0.39 is 17.8 Å². The van der Waals surface area contributed by atoms with Gasteiger partial charge in [-0.25, -0.2) is 0 Å². The molecule has 3 rings (SSSR count). The Hall–Kier alpha value is -2.37. The highest BCUT2D eigenvalue weighted by atomic mass is 16.4. The average molecular weight is 288 g/mol. The zero-order valence-electron chi connectivity index (χ0n) is 11.4. The van der Waals surface area contributed by atoms with Crippen molar-refractivity contribution in [3.05, 3.63) is 24.3 Å². The van der Waals surface area contributed by atoms with E-state index in [1.165, 1.54) is 0 Å². The molecule has 1 saturated carbocycles. The summed E-state index contributed by atoms with van der Waals surface area (Å²) in [5.74, 6) is -2.03. The van der Waals surface area contributed by atoms with Gasteiger partial charge in [0.25, 0.3) is 0 Å². The number of benzene rings is 1. The first kappa shape index (κ1) is 13.6. The first-order chi connectivity index (χ1) is 10.1. The average Bonchev–Trinajstić information content (AvgIpc) is 3.16. The van der Waals surface area contributed by atoms with Crippen LogP contribution in [0.1, 0.15) is 19.3 Å². The predicted molar refractivity (Wildman–Crippen MR) is 75.9 cm³/mol. The van der Waals surface area contributed by atoms with Crippen molar-refractivity contribution in [2.45, 2.75) is 19.3 Å². The number of carboxylic acids is 1. The van der Waals surface area contributed by atoms with Crippen molar-refractivity contribution in [3.8, 4) is 0 Å². The Morgan fingerprint density at radius 3 is 2.43 bits per heavy atom. The van der Waals surface area contributed by atoms with Gasteiger partial charge in [-0.15, -0.1) is 0 Å². The van der Waals surface area contributed by atoms with Crippen LogP contribution < -0.4 is 10.2 Å². The van der Waals surface area contributed by atoms with Gasteiger partial charge in [0.2, 0.25) is 11.8 Å². The van der Waals surface area contributed by atoms with Crippen LogP contribution in [0.4, 0.5) is 11.4 Å². The summed E-state index contributed by atoms with van der Waals surface area (Å²) in [6, 6.07) is 7.05.